The van der Waals surface area contributed by atoms with Crippen molar-refractivity contribution in [2.75, 3.05) is 0 Å². The summed E-state index contributed by atoms with van der Waals surface area (Å²) < 4.78 is 0. The first-order chi connectivity index (χ1) is 6.91. The van der Waals surface area contributed by atoms with Crippen molar-refractivity contribution >= 4 is 0 Å². The van der Waals surface area contributed by atoms with Gasteiger partial charge in [0.2, 0.25) is 0 Å². The number of rotatable bonds is 6. The molecule has 0 atom stereocenters. The Bertz CT molecular complexity index is 237. The van der Waals surface area contributed by atoms with Gasteiger partial charge in [-0.15, -0.1) is 0 Å². The molecule has 0 saturated heterocycles. The quantitative estimate of drug-likeness (QED) is 0.535. The highest BCUT2D eigenvalue weighted by atomic mass is 13.7. The number of hydrogen-bond acceptors (Lipinski definition) is 0. The van der Waals surface area contributed by atoms with Gasteiger partial charge in [-0.2, -0.15) is 0 Å². The lowest BCUT2D eigenvalue weighted by molar-refractivity contribution is 1.22. The van der Waals surface area contributed by atoms with E-state index < -0.39 is 0 Å². The molecule has 0 heterocycles. The molecule has 0 rings (SSSR count). The average Bonchev–Trinajstić information content (AvgIpc) is 2.21. The molecular weight excluding hydrogens is 168 g/mol. The van der Waals surface area contributed by atoms with Gasteiger partial charge in [0.05, 0.1) is 0 Å². The average molecular weight is 188 g/mol. The Morgan fingerprint density at radius 3 is 1.93 bits per heavy atom. The van der Waals surface area contributed by atoms with Crippen LogP contribution >= 0.6 is 0 Å². The van der Waals surface area contributed by atoms with E-state index in [1.54, 1.807) is 0 Å². The Hall–Kier alpha value is -1.30. The van der Waals surface area contributed by atoms with Gasteiger partial charge in [0.25, 0.3) is 0 Å². The van der Waals surface area contributed by atoms with Crippen molar-refractivity contribution in [3.8, 4) is 0 Å². The minimum atomic E-state index is 0.994. The first-order valence-corrected chi connectivity index (χ1v) is 5.18. The molecule has 0 spiro atoms. The molecule has 0 bridgehead atoms. The summed E-state index contributed by atoms with van der Waals surface area (Å²) in [6.07, 6.45) is 22.9. The molecule has 0 heteroatoms. The minimum Gasteiger partial charge on any atom is -0.0877 e. The predicted octanol–water partition coefficient (Wildman–Crippen LogP) is 4.59. The van der Waals surface area contributed by atoms with Gasteiger partial charge in [-0.05, 0) is 19.8 Å². The summed E-state index contributed by atoms with van der Waals surface area (Å²) in [5.41, 5.74) is 0. The maximum absolute atomic E-state index is 2.14. The Morgan fingerprint density at radius 2 is 1.29 bits per heavy atom. The normalized spacial score (nSPS) is 13.6. The Labute approximate surface area is 88.0 Å². The second kappa shape index (κ2) is 11.7. The van der Waals surface area contributed by atoms with Crippen LogP contribution in [0.4, 0.5) is 0 Å². The van der Waals surface area contributed by atoms with Crippen LogP contribution in [0.5, 0.6) is 0 Å². The van der Waals surface area contributed by atoms with Gasteiger partial charge in [0.1, 0.15) is 0 Å². The standard InChI is InChI=1S/C14H20/c1-3-5-7-9-11-13-14-12-10-8-6-4-2/h3,5-13H,4,14H2,1-2H3. The molecular formula is C14H20. The first kappa shape index (κ1) is 12.7. The first-order valence-electron chi connectivity index (χ1n) is 5.18. The van der Waals surface area contributed by atoms with Crippen LogP contribution < -0.4 is 0 Å². The fraction of sp³-hybridized carbons (Fsp3) is 0.286. The van der Waals surface area contributed by atoms with Crippen molar-refractivity contribution in [3.63, 3.8) is 0 Å². The zero-order valence-electron chi connectivity index (χ0n) is 9.19. The molecule has 0 aliphatic carbocycles. The van der Waals surface area contributed by atoms with Crippen LogP contribution in [0.2, 0.25) is 0 Å². The summed E-state index contributed by atoms with van der Waals surface area (Å²) in [5, 5.41) is 0. The van der Waals surface area contributed by atoms with Gasteiger partial charge in [-0.3, -0.25) is 0 Å². The Morgan fingerprint density at radius 1 is 0.714 bits per heavy atom. The summed E-state index contributed by atoms with van der Waals surface area (Å²) in [5.74, 6) is 0. The SMILES string of the molecule is CC=CC=CC=CCC=CC=CCC. The molecule has 0 aliphatic heterocycles. The van der Waals surface area contributed by atoms with Gasteiger partial charge in [0, 0.05) is 0 Å². The van der Waals surface area contributed by atoms with Crippen LogP contribution in [0, 0.1) is 0 Å². The van der Waals surface area contributed by atoms with Crippen LogP contribution in [0.1, 0.15) is 26.7 Å². The van der Waals surface area contributed by atoms with Crippen LogP contribution in [0.25, 0.3) is 0 Å². The molecule has 0 aromatic carbocycles. The highest BCUT2D eigenvalue weighted by Gasteiger charge is 1.68. The van der Waals surface area contributed by atoms with Gasteiger partial charge in [-0.1, -0.05) is 67.7 Å². The maximum Gasteiger partial charge on any atom is -0.0163 e. The van der Waals surface area contributed by atoms with E-state index in [-0.39, 0.29) is 0 Å². The highest BCUT2D eigenvalue weighted by Crippen LogP contribution is 1.89. The summed E-state index contributed by atoms with van der Waals surface area (Å²) in [6, 6.07) is 0. The van der Waals surface area contributed by atoms with E-state index in [1.807, 2.05) is 31.2 Å². The van der Waals surface area contributed by atoms with Gasteiger partial charge in [0.15, 0.2) is 0 Å². The largest absolute Gasteiger partial charge is 0.0877 e. The van der Waals surface area contributed by atoms with Crippen molar-refractivity contribution in [1.82, 2.24) is 0 Å². The lowest BCUT2D eigenvalue weighted by atomic mass is 10.3. The molecule has 14 heavy (non-hydrogen) atoms. The van der Waals surface area contributed by atoms with E-state index in [4.69, 9.17) is 0 Å². The summed E-state index contributed by atoms with van der Waals surface area (Å²) in [7, 11) is 0. The molecule has 0 radical (unpaired) electrons. The van der Waals surface area contributed by atoms with E-state index in [1.165, 1.54) is 0 Å². The van der Waals surface area contributed by atoms with Crippen molar-refractivity contribution in [3.05, 3.63) is 60.8 Å². The van der Waals surface area contributed by atoms with Crippen molar-refractivity contribution in [2.45, 2.75) is 26.7 Å². The Kier molecular flexibility index (Phi) is 10.6. The lowest BCUT2D eigenvalue weighted by Gasteiger charge is -1.79. The topological polar surface area (TPSA) is 0 Å². The monoisotopic (exact) mass is 188 g/mol. The maximum atomic E-state index is 2.14. The zero-order valence-corrected chi connectivity index (χ0v) is 9.19. The van der Waals surface area contributed by atoms with Crippen molar-refractivity contribution in [1.29, 1.82) is 0 Å². The van der Waals surface area contributed by atoms with E-state index in [2.05, 4.69) is 43.4 Å². The highest BCUT2D eigenvalue weighted by molar-refractivity contribution is 5.12. The van der Waals surface area contributed by atoms with Crippen LogP contribution in [-0.2, 0) is 0 Å². The minimum absolute atomic E-state index is 0.994. The molecule has 0 nitrogen and oxygen atoms in total. The van der Waals surface area contributed by atoms with E-state index >= 15 is 0 Å². The third-order valence-electron chi connectivity index (χ3n) is 1.55. The van der Waals surface area contributed by atoms with E-state index in [0.29, 0.717) is 0 Å². The van der Waals surface area contributed by atoms with E-state index in [0.717, 1.165) is 12.8 Å². The third-order valence-corrected chi connectivity index (χ3v) is 1.55. The van der Waals surface area contributed by atoms with E-state index in [9.17, 15) is 0 Å². The predicted molar refractivity (Wildman–Crippen MR) is 66.3 cm³/mol. The summed E-state index contributed by atoms with van der Waals surface area (Å²) >= 11 is 0. The lowest BCUT2D eigenvalue weighted by Crippen LogP contribution is -1.57. The molecule has 0 amide bonds. The van der Waals surface area contributed by atoms with Crippen LogP contribution in [0.3, 0.4) is 0 Å². The van der Waals surface area contributed by atoms with Crippen molar-refractivity contribution < 1.29 is 0 Å². The summed E-state index contributed by atoms with van der Waals surface area (Å²) in [6.45, 7) is 4.15. The smallest absolute Gasteiger partial charge is 0.0163 e. The van der Waals surface area contributed by atoms with Gasteiger partial charge < -0.3 is 0 Å². The molecule has 0 aromatic rings. The number of hydrogen-bond donors (Lipinski definition) is 0. The van der Waals surface area contributed by atoms with Gasteiger partial charge >= 0.3 is 0 Å². The van der Waals surface area contributed by atoms with Crippen LogP contribution in [0.15, 0.2) is 60.8 Å². The molecule has 0 aromatic heterocycles. The molecule has 0 aliphatic rings. The van der Waals surface area contributed by atoms with Crippen LogP contribution in [-0.4, -0.2) is 0 Å². The second-order valence-electron chi connectivity index (χ2n) is 2.84. The summed E-state index contributed by atoms with van der Waals surface area (Å²) in [4.78, 5) is 0. The fourth-order valence-corrected chi connectivity index (χ4v) is 0.847. The number of allylic oxidation sites excluding steroid dienone is 10. The molecule has 0 N–H and O–H groups in total. The van der Waals surface area contributed by atoms with Crippen molar-refractivity contribution in [2.24, 2.45) is 0 Å². The molecule has 0 fully saturated rings. The second-order valence-corrected chi connectivity index (χ2v) is 2.84. The molecule has 76 valence electrons. The van der Waals surface area contributed by atoms with Gasteiger partial charge in [-0.25, -0.2) is 0 Å². The fourth-order valence-electron chi connectivity index (χ4n) is 0.847. The third kappa shape index (κ3) is 10.7. The Balaban J connectivity index is 3.53. The zero-order chi connectivity index (χ0) is 10.5. The molecule has 0 unspecified atom stereocenters. The molecule has 0 saturated carbocycles.